The average molecular weight is 400 g/mol. The first-order valence-electron chi connectivity index (χ1n) is 8.39. The minimum atomic E-state index is 0.939. The summed E-state index contributed by atoms with van der Waals surface area (Å²) in [6.07, 6.45) is 1.93. The molecular formula is C22H14BrN3. The van der Waals surface area contributed by atoms with Gasteiger partial charge < -0.3 is 0 Å². The predicted molar refractivity (Wildman–Crippen MR) is 110 cm³/mol. The largest absolute Gasteiger partial charge is 0.255 e. The van der Waals surface area contributed by atoms with E-state index >= 15 is 0 Å². The van der Waals surface area contributed by atoms with E-state index in [4.69, 9.17) is 5.10 Å². The van der Waals surface area contributed by atoms with Gasteiger partial charge in [-0.1, -0.05) is 64.5 Å². The molecule has 0 fully saturated rings. The minimum Gasteiger partial charge on any atom is -0.255 e. The van der Waals surface area contributed by atoms with E-state index in [0.29, 0.717) is 0 Å². The molecule has 26 heavy (non-hydrogen) atoms. The summed E-state index contributed by atoms with van der Waals surface area (Å²) in [6, 6.07) is 26.7. The molecule has 2 heterocycles. The molecular weight excluding hydrogens is 386 g/mol. The molecule has 5 rings (SSSR count). The number of fused-ring (bicyclic) bond motifs is 3. The molecule has 0 radical (unpaired) electrons. The molecule has 0 atom stereocenters. The van der Waals surface area contributed by atoms with E-state index in [-0.39, 0.29) is 0 Å². The fraction of sp³-hybridized carbons (Fsp3) is 0. The zero-order chi connectivity index (χ0) is 17.5. The van der Waals surface area contributed by atoms with Gasteiger partial charge in [-0.25, -0.2) is 4.68 Å². The first kappa shape index (κ1) is 15.3. The molecule has 0 N–H and O–H groups in total. The zero-order valence-electron chi connectivity index (χ0n) is 13.8. The van der Waals surface area contributed by atoms with Crippen molar-refractivity contribution in [3.8, 4) is 16.9 Å². The minimum absolute atomic E-state index is 0.939. The molecule has 5 aromatic rings. The van der Waals surface area contributed by atoms with Crippen LogP contribution in [0.3, 0.4) is 0 Å². The van der Waals surface area contributed by atoms with Gasteiger partial charge in [0.1, 0.15) is 5.69 Å². The molecule has 3 nitrogen and oxygen atoms in total. The van der Waals surface area contributed by atoms with Crippen LogP contribution in [-0.4, -0.2) is 14.8 Å². The third kappa shape index (κ3) is 2.42. The number of aromatic nitrogens is 3. The number of para-hydroxylation sites is 2. The third-order valence-electron chi connectivity index (χ3n) is 4.53. The van der Waals surface area contributed by atoms with Crippen molar-refractivity contribution < 1.29 is 0 Å². The Labute approximate surface area is 159 Å². The molecule has 124 valence electrons. The molecule has 0 unspecified atom stereocenters. The van der Waals surface area contributed by atoms with Crippen LogP contribution in [0.4, 0.5) is 0 Å². The Kier molecular flexibility index (Phi) is 3.57. The van der Waals surface area contributed by atoms with Crippen LogP contribution in [-0.2, 0) is 0 Å². The van der Waals surface area contributed by atoms with Gasteiger partial charge in [0, 0.05) is 27.0 Å². The van der Waals surface area contributed by atoms with Crippen molar-refractivity contribution >= 4 is 37.7 Å². The van der Waals surface area contributed by atoms with Gasteiger partial charge in [-0.05, 0) is 30.3 Å². The number of halogens is 1. The van der Waals surface area contributed by atoms with E-state index in [1.165, 1.54) is 0 Å². The summed E-state index contributed by atoms with van der Waals surface area (Å²) in [5, 5.41) is 7.12. The second-order valence-corrected chi connectivity index (χ2v) is 7.06. The molecule has 0 aliphatic carbocycles. The Balaban J connectivity index is 1.90. The summed E-state index contributed by atoms with van der Waals surface area (Å²) in [5.41, 5.74) is 5.11. The topological polar surface area (TPSA) is 30.7 Å². The van der Waals surface area contributed by atoms with Crippen LogP contribution in [0.2, 0.25) is 0 Å². The highest BCUT2D eigenvalue weighted by atomic mass is 79.9. The van der Waals surface area contributed by atoms with Crippen LogP contribution in [0, 0.1) is 0 Å². The second-order valence-electron chi connectivity index (χ2n) is 6.14. The number of benzene rings is 3. The SMILES string of the molecule is Brc1ccc(-c2nn(-c3ccccc3)c3c2cnc2ccccc23)cc1. The molecule has 3 aromatic carbocycles. The van der Waals surface area contributed by atoms with Gasteiger partial charge in [-0.3, -0.25) is 4.98 Å². The third-order valence-corrected chi connectivity index (χ3v) is 5.06. The molecule has 0 spiro atoms. The molecule has 0 bridgehead atoms. The number of nitrogens with zero attached hydrogens (tertiary/aromatic N) is 3. The quantitative estimate of drug-likeness (QED) is 0.364. The van der Waals surface area contributed by atoms with E-state index in [9.17, 15) is 0 Å². The van der Waals surface area contributed by atoms with Crippen molar-refractivity contribution in [1.82, 2.24) is 14.8 Å². The summed E-state index contributed by atoms with van der Waals surface area (Å²) in [5.74, 6) is 0. The van der Waals surface area contributed by atoms with E-state index in [1.54, 1.807) is 0 Å². The van der Waals surface area contributed by atoms with Crippen LogP contribution in [0.25, 0.3) is 38.8 Å². The Morgan fingerprint density at radius 3 is 2.27 bits per heavy atom. The van der Waals surface area contributed by atoms with E-state index in [0.717, 1.165) is 43.2 Å². The smallest absolute Gasteiger partial charge is 0.102 e. The number of rotatable bonds is 2. The first-order valence-corrected chi connectivity index (χ1v) is 9.18. The van der Waals surface area contributed by atoms with Gasteiger partial charge in [0.05, 0.1) is 16.7 Å². The molecule has 0 aliphatic heterocycles. The van der Waals surface area contributed by atoms with E-state index in [2.05, 4.69) is 51.2 Å². The van der Waals surface area contributed by atoms with E-state index < -0.39 is 0 Å². The van der Waals surface area contributed by atoms with Crippen LogP contribution >= 0.6 is 15.9 Å². The van der Waals surface area contributed by atoms with E-state index in [1.807, 2.05) is 59.4 Å². The summed E-state index contributed by atoms with van der Waals surface area (Å²) in [7, 11) is 0. The predicted octanol–water partition coefficient (Wildman–Crippen LogP) is 6.00. The van der Waals surface area contributed by atoms with Crippen LogP contribution < -0.4 is 0 Å². The lowest BCUT2D eigenvalue weighted by Crippen LogP contribution is -1.96. The van der Waals surface area contributed by atoms with Gasteiger partial charge in [-0.2, -0.15) is 5.10 Å². The fourth-order valence-electron chi connectivity index (χ4n) is 3.31. The van der Waals surface area contributed by atoms with Gasteiger partial charge in [0.25, 0.3) is 0 Å². The second kappa shape index (κ2) is 6.07. The average Bonchev–Trinajstić information content (AvgIpc) is 3.09. The van der Waals surface area contributed by atoms with Gasteiger partial charge in [0.15, 0.2) is 0 Å². The summed E-state index contributed by atoms with van der Waals surface area (Å²) < 4.78 is 3.08. The Morgan fingerprint density at radius 2 is 1.46 bits per heavy atom. The van der Waals surface area contributed by atoms with Gasteiger partial charge >= 0.3 is 0 Å². The maximum Gasteiger partial charge on any atom is 0.102 e. The van der Waals surface area contributed by atoms with Gasteiger partial charge in [0.2, 0.25) is 0 Å². The van der Waals surface area contributed by atoms with Crippen molar-refractivity contribution in [2.24, 2.45) is 0 Å². The Hall–Kier alpha value is -2.98. The fourth-order valence-corrected chi connectivity index (χ4v) is 3.57. The van der Waals surface area contributed by atoms with Crippen LogP contribution in [0.1, 0.15) is 0 Å². The van der Waals surface area contributed by atoms with Crippen molar-refractivity contribution in [3.63, 3.8) is 0 Å². The first-order chi connectivity index (χ1) is 12.8. The highest BCUT2D eigenvalue weighted by Gasteiger charge is 2.16. The lowest BCUT2D eigenvalue weighted by atomic mass is 10.1. The van der Waals surface area contributed by atoms with Crippen LogP contribution in [0.5, 0.6) is 0 Å². The highest BCUT2D eigenvalue weighted by molar-refractivity contribution is 9.10. The van der Waals surface area contributed by atoms with Crippen molar-refractivity contribution in [1.29, 1.82) is 0 Å². The van der Waals surface area contributed by atoms with Crippen molar-refractivity contribution in [3.05, 3.63) is 89.5 Å². The lowest BCUT2D eigenvalue weighted by molar-refractivity contribution is 0.918. The maximum absolute atomic E-state index is 4.97. The maximum atomic E-state index is 4.97. The normalized spacial score (nSPS) is 11.3. The molecule has 0 saturated heterocycles. The molecule has 0 saturated carbocycles. The molecule has 0 amide bonds. The Bertz CT molecular complexity index is 1230. The summed E-state index contributed by atoms with van der Waals surface area (Å²) in [6.45, 7) is 0. The standard InChI is InChI=1S/C22H14BrN3/c23-16-12-10-15(11-13-16)21-19-14-24-20-9-5-4-8-18(20)22(19)26(25-21)17-6-2-1-3-7-17/h1-14H. The van der Waals surface area contributed by atoms with Crippen LogP contribution in [0.15, 0.2) is 89.5 Å². The van der Waals surface area contributed by atoms with Crippen molar-refractivity contribution in [2.45, 2.75) is 0 Å². The number of pyridine rings is 1. The van der Waals surface area contributed by atoms with Crippen molar-refractivity contribution in [2.75, 3.05) is 0 Å². The molecule has 2 aromatic heterocycles. The summed E-state index contributed by atoms with van der Waals surface area (Å²) in [4.78, 5) is 4.66. The summed E-state index contributed by atoms with van der Waals surface area (Å²) >= 11 is 3.50. The lowest BCUT2D eigenvalue weighted by Gasteiger charge is -2.05. The van der Waals surface area contributed by atoms with Gasteiger partial charge in [-0.15, -0.1) is 0 Å². The highest BCUT2D eigenvalue weighted by Crippen LogP contribution is 2.33. The zero-order valence-corrected chi connectivity index (χ0v) is 15.4. The Morgan fingerprint density at radius 1 is 0.731 bits per heavy atom. The number of hydrogen-bond acceptors (Lipinski definition) is 2. The number of hydrogen-bond donors (Lipinski definition) is 0. The molecule has 4 heteroatoms. The monoisotopic (exact) mass is 399 g/mol. The molecule has 0 aliphatic rings.